The number of carbonyl (C=O) groups is 4. The van der Waals surface area contributed by atoms with Crippen LogP contribution in [0.5, 0.6) is 5.75 Å². The van der Waals surface area contributed by atoms with Crippen molar-refractivity contribution in [3.8, 4) is 11.8 Å². The molecule has 4 amide bonds. The molecule has 208 valence electrons. The first-order valence-electron chi connectivity index (χ1n) is 13.7. The van der Waals surface area contributed by atoms with E-state index in [2.05, 4.69) is 11.4 Å². The number of nitriles is 1. The van der Waals surface area contributed by atoms with Gasteiger partial charge in [0.2, 0.25) is 17.7 Å². The van der Waals surface area contributed by atoms with Gasteiger partial charge in [-0.3, -0.25) is 24.5 Å². The Bertz CT molecular complexity index is 1380. The molecule has 0 spiro atoms. The molecule has 0 aromatic heterocycles. The minimum Gasteiger partial charge on any atom is -0.493 e. The van der Waals surface area contributed by atoms with Crippen LogP contribution >= 0.6 is 11.6 Å². The Hall–Kier alpha value is -3.90. The number of rotatable bonds is 8. The lowest BCUT2D eigenvalue weighted by atomic mass is 9.74. The van der Waals surface area contributed by atoms with Gasteiger partial charge in [-0.2, -0.15) is 5.26 Å². The maximum absolute atomic E-state index is 13.0. The van der Waals surface area contributed by atoms with Crippen LogP contribution in [0.1, 0.15) is 66.4 Å². The lowest BCUT2D eigenvalue weighted by Crippen LogP contribution is -2.52. The predicted molar refractivity (Wildman–Crippen MR) is 146 cm³/mol. The third-order valence-electron chi connectivity index (χ3n) is 8.14. The van der Waals surface area contributed by atoms with Crippen LogP contribution in [0.2, 0.25) is 5.02 Å². The van der Waals surface area contributed by atoms with Gasteiger partial charge in [0.15, 0.2) is 0 Å². The molecule has 1 N–H and O–H groups in total. The molecule has 10 heteroatoms. The molecule has 9 nitrogen and oxygen atoms in total. The first-order chi connectivity index (χ1) is 19.3. The highest BCUT2D eigenvalue weighted by Gasteiger charge is 2.40. The summed E-state index contributed by atoms with van der Waals surface area (Å²) in [6, 6.07) is 14.5. The van der Waals surface area contributed by atoms with Crippen molar-refractivity contribution in [2.75, 3.05) is 19.7 Å². The standard InChI is InChI=1S/C30H31ClN4O5/c31-21-6-3-5-20(17-21)30(19-32)12-14-34(15-13-30)27(37)9-1-2-16-40-25-8-4-7-22-23(25)18-35(29(22)39)24-10-11-26(36)33-28(24)38/h3-8,17,24H,1-2,9-16,18H2,(H,33,36,38). The van der Waals surface area contributed by atoms with Crippen LogP contribution in [0.25, 0.3) is 0 Å². The molecule has 3 aliphatic rings. The van der Waals surface area contributed by atoms with Crippen molar-refractivity contribution in [1.82, 2.24) is 15.1 Å². The van der Waals surface area contributed by atoms with Crippen LogP contribution in [-0.2, 0) is 26.3 Å². The molecule has 0 saturated carbocycles. The second-order valence-electron chi connectivity index (χ2n) is 10.6. The van der Waals surface area contributed by atoms with E-state index >= 15 is 0 Å². The number of imide groups is 1. The Kier molecular flexibility index (Phi) is 8.08. The fourth-order valence-electron chi connectivity index (χ4n) is 5.80. The lowest BCUT2D eigenvalue weighted by molar-refractivity contribution is -0.137. The van der Waals surface area contributed by atoms with Crippen LogP contribution in [0.4, 0.5) is 0 Å². The van der Waals surface area contributed by atoms with Crippen molar-refractivity contribution in [3.63, 3.8) is 0 Å². The van der Waals surface area contributed by atoms with Crippen LogP contribution in [0.3, 0.4) is 0 Å². The summed E-state index contributed by atoms with van der Waals surface area (Å²) in [5.41, 5.74) is 1.53. The summed E-state index contributed by atoms with van der Waals surface area (Å²) in [5, 5.41) is 12.8. The molecule has 0 bridgehead atoms. The molecule has 5 rings (SSSR count). The van der Waals surface area contributed by atoms with Gasteiger partial charge in [-0.1, -0.05) is 29.8 Å². The van der Waals surface area contributed by atoms with E-state index in [9.17, 15) is 24.4 Å². The van der Waals surface area contributed by atoms with Crippen LogP contribution in [0.15, 0.2) is 42.5 Å². The topological polar surface area (TPSA) is 120 Å². The molecule has 2 fully saturated rings. The molecule has 2 aromatic rings. The first kappa shape index (κ1) is 27.7. The van der Waals surface area contributed by atoms with Gasteiger partial charge in [0.05, 0.1) is 24.6 Å². The summed E-state index contributed by atoms with van der Waals surface area (Å²) in [7, 11) is 0. The molecule has 3 heterocycles. The fraction of sp³-hybridized carbons (Fsp3) is 0.433. The third kappa shape index (κ3) is 5.54. The number of hydrogen-bond acceptors (Lipinski definition) is 6. The summed E-state index contributed by atoms with van der Waals surface area (Å²) < 4.78 is 6.00. The number of carbonyl (C=O) groups excluding carboxylic acids is 4. The maximum atomic E-state index is 13.0. The number of likely N-dealkylation sites (tertiary alicyclic amines) is 1. The van der Waals surface area contributed by atoms with Gasteiger partial charge >= 0.3 is 0 Å². The van der Waals surface area contributed by atoms with Crippen LogP contribution in [0, 0.1) is 11.3 Å². The normalized spacial score (nSPS) is 20.1. The number of amides is 4. The minimum absolute atomic E-state index is 0.0729. The van der Waals surface area contributed by atoms with E-state index in [1.54, 1.807) is 24.3 Å². The fourth-order valence-corrected chi connectivity index (χ4v) is 5.99. The number of halogens is 1. The predicted octanol–water partition coefficient (Wildman–Crippen LogP) is 3.73. The first-order valence-corrected chi connectivity index (χ1v) is 14.0. The van der Waals surface area contributed by atoms with Crippen molar-refractivity contribution >= 4 is 35.2 Å². The Morgan fingerprint density at radius 2 is 1.90 bits per heavy atom. The summed E-state index contributed by atoms with van der Waals surface area (Å²) in [5.74, 6) is -0.333. The number of unbranched alkanes of at least 4 members (excludes halogenated alkanes) is 1. The van der Waals surface area contributed by atoms with E-state index in [1.165, 1.54) is 4.90 Å². The van der Waals surface area contributed by atoms with Gasteiger partial charge in [-0.05, 0) is 61.9 Å². The van der Waals surface area contributed by atoms with Gasteiger partial charge in [0, 0.05) is 42.1 Å². The average molecular weight is 563 g/mol. The zero-order chi connectivity index (χ0) is 28.3. The second-order valence-corrected chi connectivity index (χ2v) is 11.0. The second kappa shape index (κ2) is 11.7. The lowest BCUT2D eigenvalue weighted by Gasteiger charge is -2.37. The van der Waals surface area contributed by atoms with Gasteiger partial charge < -0.3 is 14.5 Å². The number of hydrogen-bond donors (Lipinski definition) is 1. The Morgan fingerprint density at radius 3 is 2.62 bits per heavy atom. The van der Waals surface area contributed by atoms with Crippen molar-refractivity contribution < 1.29 is 23.9 Å². The van der Waals surface area contributed by atoms with Crippen molar-refractivity contribution in [1.29, 1.82) is 5.26 Å². The van der Waals surface area contributed by atoms with Crippen molar-refractivity contribution in [2.45, 2.75) is 62.9 Å². The highest BCUT2D eigenvalue weighted by molar-refractivity contribution is 6.30. The molecule has 3 aliphatic heterocycles. The van der Waals surface area contributed by atoms with Crippen molar-refractivity contribution in [2.24, 2.45) is 0 Å². The maximum Gasteiger partial charge on any atom is 0.255 e. The van der Waals surface area contributed by atoms with Crippen LogP contribution in [-0.4, -0.2) is 59.2 Å². The van der Waals surface area contributed by atoms with Crippen molar-refractivity contribution in [3.05, 3.63) is 64.2 Å². The molecular weight excluding hydrogens is 532 g/mol. The molecule has 1 atom stereocenters. The molecule has 2 aromatic carbocycles. The number of fused-ring (bicyclic) bond motifs is 1. The van der Waals surface area contributed by atoms with E-state index in [0.717, 1.165) is 11.1 Å². The minimum atomic E-state index is -0.671. The van der Waals surface area contributed by atoms with E-state index in [0.29, 0.717) is 74.6 Å². The molecule has 2 saturated heterocycles. The SMILES string of the molecule is N#CC1(c2cccc(Cl)c2)CCN(C(=O)CCCCOc2cccc3c2CN(C2CCC(=O)NC2=O)C3=O)CC1. The summed E-state index contributed by atoms with van der Waals surface area (Å²) in [6.45, 7) is 1.71. The smallest absolute Gasteiger partial charge is 0.255 e. The van der Waals surface area contributed by atoms with E-state index < -0.39 is 17.4 Å². The number of nitrogens with one attached hydrogen (secondary N) is 1. The summed E-state index contributed by atoms with van der Waals surface area (Å²) >= 11 is 6.14. The Balaban J connectivity index is 1.08. The Labute approximate surface area is 238 Å². The number of benzene rings is 2. The number of ether oxygens (including phenoxy) is 1. The highest BCUT2D eigenvalue weighted by Crippen LogP contribution is 2.36. The van der Waals surface area contributed by atoms with E-state index in [-0.39, 0.29) is 30.7 Å². The average Bonchev–Trinajstić information content (AvgIpc) is 3.29. The summed E-state index contributed by atoms with van der Waals surface area (Å²) in [6.07, 6.45) is 3.39. The molecule has 1 unspecified atom stereocenters. The zero-order valence-corrected chi connectivity index (χ0v) is 22.9. The van der Waals surface area contributed by atoms with Gasteiger partial charge in [-0.15, -0.1) is 0 Å². The summed E-state index contributed by atoms with van der Waals surface area (Å²) in [4.78, 5) is 52.9. The van der Waals surface area contributed by atoms with E-state index in [1.807, 2.05) is 23.1 Å². The number of piperidine rings is 2. The highest BCUT2D eigenvalue weighted by atomic mass is 35.5. The van der Waals surface area contributed by atoms with Gasteiger partial charge in [0.25, 0.3) is 5.91 Å². The largest absolute Gasteiger partial charge is 0.493 e. The Morgan fingerprint density at radius 1 is 1.12 bits per heavy atom. The third-order valence-corrected chi connectivity index (χ3v) is 8.38. The van der Waals surface area contributed by atoms with Gasteiger partial charge in [0.1, 0.15) is 11.8 Å². The molecular formula is C30H31ClN4O5. The van der Waals surface area contributed by atoms with Gasteiger partial charge in [-0.25, -0.2) is 0 Å². The molecule has 0 radical (unpaired) electrons. The monoisotopic (exact) mass is 562 g/mol. The van der Waals surface area contributed by atoms with E-state index in [4.69, 9.17) is 16.3 Å². The molecule has 40 heavy (non-hydrogen) atoms. The number of nitrogens with zero attached hydrogens (tertiary/aromatic N) is 3. The van der Waals surface area contributed by atoms with Crippen LogP contribution < -0.4 is 10.1 Å². The molecule has 0 aliphatic carbocycles. The zero-order valence-electron chi connectivity index (χ0n) is 22.2. The quantitative estimate of drug-likeness (QED) is 0.387.